The molecule has 2 heterocycles. The van der Waals surface area contributed by atoms with Crippen molar-refractivity contribution in [2.45, 2.75) is 32.1 Å². The Labute approximate surface area is 309 Å². The molecule has 0 radical (unpaired) electrons. The molecule has 0 saturated heterocycles. The molecular formula is C51H38N2. The summed E-state index contributed by atoms with van der Waals surface area (Å²) in [5, 5.41) is 5.13. The van der Waals surface area contributed by atoms with Crippen LogP contribution in [0.1, 0.15) is 37.8 Å². The SMILES string of the molecule is CC1(C)c2ccccc2-c2cccc(-c3ccc(-n4c5ccccc5c5cc(-c6ccc7c(c6)c6ccccc6n7C6=CC=CCC6)ccc54)cc3)c21. The van der Waals surface area contributed by atoms with Gasteiger partial charge in [-0.1, -0.05) is 129 Å². The predicted octanol–water partition coefficient (Wildman–Crippen LogP) is 13.7. The van der Waals surface area contributed by atoms with E-state index in [1.807, 2.05) is 0 Å². The second-order valence-electron chi connectivity index (χ2n) is 15.2. The molecule has 0 spiro atoms. The number of para-hydroxylation sites is 2. The third-order valence-corrected chi connectivity index (χ3v) is 12.0. The van der Waals surface area contributed by atoms with Gasteiger partial charge >= 0.3 is 0 Å². The maximum Gasteiger partial charge on any atom is 0.0541 e. The lowest BCUT2D eigenvalue weighted by molar-refractivity contribution is 0.662. The molecule has 9 aromatic rings. The Hall–Kier alpha value is -6.38. The van der Waals surface area contributed by atoms with Gasteiger partial charge < -0.3 is 9.13 Å². The van der Waals surface area contributed by atoms with E-state index in [4.69, 9.17) is 0 Å². The highest BCUT2D eigenvalue weighted by Gasteiger charge is 2.37. The quantitative estimate of drug-likeness (QED) is 0.175. The average molecular weight is 679 g/mol. The first-order valence-corrected chi connectivity index (χ1v) is 18.8. The van der Waals surface area contributed by atoms with Crippen molar-refractivity contribution in [2.75, 3.05) is 0 Å². The number of nitrogens with zero attached hydrogens (tertiary/aromatic N) is 2. The highest BCUT2D eigenvalue weighted by molar-refractivity contribution is 6.13. The Bertz CT molecular complexity index is 3010. The first-order chi connectivity index (χ1) is 26.1. The number of hydrogen-bond donors (Lipinski definition) is 0. The Morgan fingerprint density at radius 2 is 1.04 bits per heavy atom. The molecule has 0 N–H and O–H groups in total. The summed E-state index contributed by atoms with van der Waals surface area (Å²) < 4.78 is 4.89. The maximum atomic E-state index is 2.46. The fourth-order valence-corrected chi connectivity index (χ4v) is 9.55. The minimum atomic E-state index is -0.0577. The molecule has 2 aliphatic rings. The van der Waals surface area contributed by atoms with Crippen molar-refractivity contribution in [2.24, 2.45) is 0 Å². The summed E-state index contributed by atoms with van der Waals surface area (Å²) in [6.07, 6.45) is 8.86. The standard InChI is InChI=1S/C51H38N2/c1-51(2)45-20-9-6-15-39(45)42-19-12-18-38(50(42)51)33-23-27-37(28-24-33)53-47-22-11-8-17-41(47)44-32-35(26-30-49(44)53)34-25-29-48-43(31-34)40-16-7-10-21-46(40)52(48)36-13-4-3-5-14-36/h3-4,6-13,15-32H,5,14H2,1-2H3. The monoisotopic (exact) mass is 678 g/mol. The zero-order valence-corrected chi connectivity index (χ0v) is 30.0. The second kappa shape index (κ2) is 11.3. The summed E-state index contributed by atoms with van der Waals surface area (Å²) in [4.78, 5) is 0. The zero-order valence-electron chi connectivity index (χ0n) is 30.0. The average Bonchev–Trinajstić information content (AvgIpc) is 3.81. The number of fused-ring (bicyclic) bond motifs is 9. The number of allylic oxidation sites excluding steroid dienone is 4. The minimum Gasteiger partial charge on any atom is -0.313 e. The molecule has 2 heteroatoms. The van der Waals surface area contributed by atoms with Gasteiger partial charge in [-0.15, -0.1) is 0 Å². The number of rotatable bonds is 4. The van der Waals surface area contributed by atoms with Crippen molar-refractivity contribution in [1.82, 2.24) is 9.13 Å². The van der Waals surface area contributed by atoms with Crippen LogP contribution in [0.4, 0.5) is 0 Å². The fraction of sp³-hybridized carbons (Fsp3) is 0.0980. The van der Waals surface area contributed by atoms with Crippen molar-refractivity contribution in [3.63, 3.8) is 0 Å². The molecule has 0 unspecified atom stereocenters. The molecule has 0 atom stereocenters. The van der Waals surface area contributed by atoms with E-state index >= 15 is 0 Å². The van der Waals surface area contributed by atoms with E-state index in [0.717, 1.165) is 12.8 Å². The summed E-state index contributed by atoms with van der Waals surface area (Å²) >= 11 is 0. The van der Waals surface area contributed by atoms with Crippen molar-refractivity contribution in [1.29, 1.82) is 0 Å². The molecular weight excluding hydrogens is 641 g/mol. The number of benzene rings is 7. The summed E-state index contributed by atoms with van der Waals surface area (Å²) in [6.45, 7) is 4.73. The van der Waals surface area contributed by atoms with E-state index in [2.05, 4.69) is 193 Å². The van der Waals surface area contributed by atoms with Gasteiger partial charge in [0.05, 0.1) is 22.1 Å². The van der Waals surface area contributed by atoms with E-state index in [1.54, 1.807) is 0 Å². The van der Waals surface area contributed by atoms with Crippen LogP contribution in [-0.4, -0.2) is 9.13 Å². The largest absolute Gasteiger partial charge is 0.313 e. The van der Waals surface area contributed by atoms with E-state index in [9.17, 15) is 0 Å². The lowest BCUT2D eigenvalue weighted by atomic mass is 9.79. The van der Waals surface area contributed by atoms with Crippen LogP contribution in [0.3, 0.4) is 0 Å². The Morgan fingerprint density at radius 3 is 1.74 bits per heavy atom. The van der Waals surface area contributed by atoms with Gasteiger partial charge in [0.2, 0.25) is 0 Å². The van der Waals surface area contributed by atoms with Crippen LogP contribution >= 0.6 is 0 Å². The van der Waals surface area contributed by atoms with Crippen molar-refractivity contribution in [3.8, 4) is 39.1 Å². The Kier molecular flexibility index (Phi) is 6.46. The molecule has 0 aliphatic heterocycles. The smallest absolute Gasteiger partial charge is 0.0541 e. The molecule has 0 amide bonds. The molecule has 53 heavy (non-hydrogen) atoms. The van der Waals surface area contributed by atoms with Crippen LogP contribution in [0.5, 0.6) is 0 Å². The lowest BCUT2D eigenvalue weighted by Crippen LogP contribution is -2.16. The maximum absolute atomic E-state index is 2.46. The normalized spacial score (nSPS) is 14.6. The van der Waals surface area contributed by atoms with Crippen molar-refractivity contribution in [3.05, 3.63) is 181 Å². The van der Waals surface area contributed by atoms with Gasteiger partial charge in [-0.25, -0.2) is 0 Å². The molecule has 0 saturated carbocycles. The topological polar surface area (TPSA) is 9.86 Å². The minimum absolute atomic E-state index is 0.0577. The third-order valence-electron chi connectivity index (χ3n) is 12.0. The number of hydrogen-bond acceptors (Lipinski definition) is 0. The van der Waals surface area contributed by atoms with E-state index in [-0.39, 0.29) is 5.41 Å². The van der Waals surface area contributed by atoms with E-state index in [0.29, 0.717) is 0 Å². The van der Waals surface area contributed by atoms with Gasteiger partial charge in [-0.05, 0) is 112 Å². The van der Waals surface area contributed by atoms with Gasteiger partial charge in [-0.2, -0.15) is 0 Å². The first kappa shape index (κ1) is 30.3. The van der Waals surface area contributed by atoms with Crippen LogP contribution in [0.15, 0.2) is 170 Å². The number of aromatic nitrogens is 2. The van der Waals surface area contributed by atoms with Gasteiger partial charge in [0.1, 0.15) is 0 Å². The molecule has 7 aromatic carbocycles. The van der Waals surface area contributed by atoms with Gasteiger partial charge in [0, 0.05) is 38.3 Å². The molecule has 252 valence electrons. The first-order valence-electron chi connectivity index (χ1n) is 18.8. The van der Waals surface area contributed by atoms with Crippen LogP contribution in [0.2, 0.25) is 0 Å². The van der Waals surface area contributed by atoms with Crippen LogP contribution < -0.4 is 0 Å². The molecule has 0 bridgehead atoms. The van der Waals surface area contributed by atoms with Crippen LogP contribution in [0, 0.1) is 0 Å². The van der Waals surface area contributed by atoms with Crippen molar-refractivity contribution < 1.29 is 0 Å². The Balaban J connectivity index is 1.02. The predicted molar refractivity (Wildman–Crippen MR) is 225 cm³/mol. The van der Waals surface area contributed by atoms with E-state index in [1.165, 1.54) is 99.5 Å². The van der Waals surface area contributed by atoms with Gasteiger partial charge in [0.15, 0.2) is 0 Å². The summed E-state index contributed by atoms with van der Waals surface area (Å²) in [5.74, 6) is 0. The third kappa shape index (κ3) is 4.39. The highest BCUT2D eigenvalue weighted by atomic mass is 15.0. The van der Waals surface area contributed by atoms with Gasteiger partial charge in [0.25, 0.3) is 0 Å². The molecule has 0 fully saturated rings. The molecule has 11 rings (SSSR count). The zero-order chi connectivity index (χ0) is 35.3. The molecule has 2 nitrogen and oxygen atoms in total. The van der Waals surface area contributed by atoms with Crippen molar-refractivity contribution >= 4 is 49.3 Å². The summed E-state index contributed by atoms with van der Waals surface area (Å²) in [5.41, 5.74) is 18.0. The summed E-state index contributed by atoms with van der Waals surface area (Å²) in [7, 11) is 0. The van der Waals surface area contributed by atoms with Crippen LogP contribution in [0.25, 0.3) is 88.4 Å². The fourth-order valence-electron chi connectivity index (χ4n) is 9.55. The second-order valence-corrected chi connectivity index (χ2v) is 15.2. The van der Waals surface area contributed by atoms with Gasteiger partial charge in [-0.3, -0.25) is 0 Å². The highest BCUT2D eigenvalue weighted by Crippen LogP contribution is 2.52. The lowest BCUT2D eigenvalue weighted by Gasteiger charge is -2.24. The molecule has 2 aliphatic carbocycles. The molecule has 2 aromatic heterocycles. The van der Waals surface area contributed by atoms with Crippen LogP contribution in [-0.2, 0) is 5.41 Å². The Morgan fingerprint density at radius 1 is 0.472 bits per heavy atom. The summed E-state index contributed by atoms with van der Waals surface area (Å²) in [6, 6.07) is 56.6. The van der Waals surface area contributed by atoms with E-state index < -0.39 is 0 Å².